The second kappa shape index (κ2) is 5.25. The van der Waals surface area contributed by atoms with Crippen molar-refractivity contribution < 1.29 is 13.9 Å². The van der Waals surface area contributed by atoms with E-state index in [-0.39, 0.29) is 0 Å². The zero-order chi connectivity index (χ0) is 12.1. The Labute approximate surface area is 98.1 Å². The molecule has 4 nitrogen and oxygen atoms in total. The van der Waals surface area contributed by atoms with Crippen molar-refractivity contribution in [2.75, 3.05) is 7.11 Å². The van der Waals surface area contributed by atoms with Crippen LogP contribution in [-0.4, -0.2) is 17.1 Å². The largest absolute Gasteiger partial charge is 0.487 e. The third-order valence-electron chi connectivity index (χ3n) is 2.14. The number of nitrogens with zero attached hydrogens (tertiary/aromatic N) is 2. The van der Waals surface area contributed by atoms with E-state index in [4.69, 9.17) is 9.47 Å². The second-order valence-electron chi connectivity index (χ2n) is 3.28. The monoisotopic (exact) mass is 234 g/mol. The van der Waals surface area contributed by atoms with Gasteiger partial charge in [-0.05, 0) is 24.3 Å². The fraction of sp³-hybridized carbons (Fsp3) is 0.167. The number of aromatic nitrogens is 2. The van der Waals surface area contributed by atoms with Crippen molar-refractivity contribution in [1.29, 1.82) is 0 Å². The van der Waals surface area contributed by atoms with E-state index in [1.54, 1.807) is 19.4 Å². The normalized spacial score (nSPS) is 10.0. The maximum Gasteiger partial charge on any atom is 0.219 e. The van der Waals surface area contributed by atoms with Gasteiger partial charge in [0.25, 0.3) is 0 Å². The highest BCUT2D eigenvalue weighted by Crippen LogP contribution is 2.17. The van der Waals surface area contributed by atoms with E-state index in [2.05, 4.69) is 9.97 Å². The van der Waals surface area contributed by atoms with Crippen molar-refractivity contribution in [3.63, 3.8) is 0 Å². The molecular formula is C12H11FN2O2. The van der Waals surface area contributed by atoms with Gasteiger partial charge in [-0.15, -0.1) is 0 Å². The molecule has 2 rings (SSSR count). The van der Waals surface area contributed by atoms with Crippen LogP contribution in [0.4, 0.5) is 4.39 Å². The molecule has 0 fully saturated rings. The molecule has 0 N–H and O–H groups in total. The summed E-state index contributed by atoms with van der Waals surface area (Å²) in [4.78, 5) is 7.54. The Morgan fingerprint density at radius 2 is 2.12 bits per heavy atom. The highest BCUT2D eigenvalue weighted by molar-refractivity contribution is 5.25. The Bertz CT molecular complexity index is 488. The molecule has 0 aliphatic rings. The number of methoxy groups -OCH3 is 1. The molecule has 0 saturated heterocycles. The summed E-state index contributed by atoms with van der Waals surface area (Å²) >= 11 is 0. The molecule has 0 bridgehead atoms. The highest BCUT2D eigenvalue weighted by Gasteiger charge is 2.04. The van der Waals surface area contributed by atoms with Gasteiger partial charge in [-0.25, -0.2) is 9.97 Å². The minimum absolute atomic E-state index is 0.296. The molecule has 0 saturated carbocycles. The average molecular weight is 234 g/mol. The van der Waals surface area contributed by atoms with Crippen LogP contribution in [0.25, 0.3) is 0 Å². The van der Waals surface area contributed by atoms with Crippen molar-refractivity contribution >= 4 is 0 Å². The van der Waals surface area contributed by atoms with Gasteiger partial charge in [-0.1, -0.05) is 0 Å². The molecule has 2 aromatic heterocycles. The van der Waals surface area contributed by atoms with Gasteiger partial charge in [0.2, 0.25) is 11.8 Å². The standard InChI is InChI=1S/C12H11FN2O2/c1-16-12-9(3-2-6-14-12)8-17-10-4-5-11(13)15-7-10/h2-7H,8H2,1H3. The first-order valence-electron chi connectivity index (χ1n) is 5.02. The Morgan fingerprint density at radius 1 is 1.24 bits per heavy atom. The lowest BCUT2D eigenvalue weighted by atomic mass is 10.3. The SMILES string of the molecule is COc1ncccc1COc1ccc(F)nc1. The van der Waals surface area contributed by atoms with Crippen LogP contribution in [0.5, 0.6) is 11.6 Å². The quantitative estimate of drug-likeness (QED) is 0.761. The van der Waals surface area contributed by atoms with Gasteiger partial charge in [0.05, 0.1) is 18.9 Å². The van der Waals surface area contributed by atoms with Gasteiger partial charge in [-0.3, -0.25) is 0 Å². The summed E-state index contributed by atoms with van der Waals surface area (Å²) < 4.78 is 23.1. The van der Waals surface area contributed by atoms with Crippen LogP contribution < -0.4 is 9.47 Å². The molecule has 0 atom stereocenters. The molecular weight excluding hydrogens is 223 g/mol. The van der Waals surface area contributed by atoms with Crippen molar-refractivity contribution in [3.05, 3.63) is 48.2 Å². The number of rotatable bonds is 4. The van der Waals surface area contributed by atoms with Crippen molar-refractivity contribution in [3.8, 4) is 11.6 Å². The lowest BCUT2D eigenvalue weighted by Crippen LogP contribution is -2.00. The summed E-state index contributed by atoms with van der Waals surface area (Å²) in [5, 5.41) is 0. The summed E-state index contributed by atoms with van der Waals surface area (Å²) in [5.74, 6) is 0.483. The minimum atomic E-state index is -0.531. The molecule has 0 aliphatic heterocycles. The average Bonchev–Trinajstić information content (AvgIpc) is 2.38. The van der Waals surface area contributed by atoms with Crippen LogP contribution in [0.1, 0.15) is 5.56 Å². The number of halogens is 1. The van der Waals surface area contributed by atoms with Gasteiger partial charge in [-0.2, -0.15) is 4.39 Å². The van der Waals surface area contributed by atoms with Gasteiger partial charge >= 0.3 is 0 Å². The van der Waals surface area contributed by atoms with Gasteiger partial charge in [0, 0.05) is 6.20 Å². The van der Waals surface area contributed by atoms with E-state index in [1.807, 2.05) is 6.07 Å². The summed E-state index contributed by atoms with van der Waals surface area (Å²) in [5.41, 5.74) is 0.819. The second-order valence-corrected chi connectivity index (χ2v) is 3.28. The van der Waals surface area contributed by atoms with Gasteiger partial charge in [0.15, 0.2) is 0 Å². The first-order chi connectivity index (χ1) is 8.29. The van der Waals surface area contributed by atoms with Crippen LogP contribution >= 0.6 is 0 Å². The molecule has 2 aromatic rings. The highest BCUT2D eigenvalue weighted by atomic mass is 19.1. The van der Waals surface area contributed by atoms with Crippen LogP contribution in [0, 0.1) is 5.95 Å². The van der Waals surface area contributed by atoms with Crippen molar-refractivity contribution in [2.24, 2.45) is 0 Å². The molecule has 2 heterocycles. The first-order valence-corrected chi connectivity index (χ1v) is 5.02. The number of ether oxygens (including phenoxy) is 2. The lowest BCUT2D eigenvalue weighted by molar-refractivity contribution is 0.292. The molecule has 0 amide bonds. The summed E-state index contributed by atoms with van der Waals surface area (Å²) in [6.07, 6.45) is 2.97. The van der Waals surface area contributed by atoms with E-state index in [0.29, 0.717) is 18.2 Å². The zero-order valence-corrected chi connectivity index (χ0v) is 9.26. The van der Waals surface area contributed by atoms with E-state index in [9.17, 15) is 4.39 Å². The Balaban J connectivity index is 2.04. The molecule has 17 heavy (non-hydrogen) atoms. The Kier molecular flexibility index (Phi) is 3.49. The fourth-order valence-electron chi connectivity index (χ4n) is 1.33. The summed E-state index contributed by atoms with van der Waals surface area (Å²) in [6.45, 7) is 0.296. The first kappa shape index (κ1) is 11.3. The number of hydrogen-bond acceptors (Lipinski definition) is 4. The van der Waals surface area contributed by atoms with Crippen LogP contribution in [0.3, 0.4) is 0 Å². The molecule has 88 valence electrons. The molecule has 0 radical (unpaired) electrons. The Hall–Kier alpha value is -2.17. The molecule has 0 aliphatic carbocycles. The smallest absolute Gasteiger partial charge is 0.219 e. The van der Waals surface area contributed by atoms with E-state index in [0.717, 1.165) is 5.56 Å². The molecule has 0 spiro atoms. The maximum atomic E-state index is 12.6. The third-order valence-corrected chi connectivity index (χ3v) is 2.14. The van der Waals surface area contributed by atoms with E-state index in [1.165, 1.54) is 18.3 Å². The molecule has 0 aromatic carbocycles. The van der Waals surface area contributed by atoms with Crippen LogP contribution in [0.2, 0.25) is 0 Å². The van der Waals surface area contributed by atoms with Crippen molar-refractivity contribution in [2.45, 2.75) is 6.61 Å². The number of pyridine rings is 2. The number of hydrogen-bond donors (Lipinski definition) is 0. The van der Waals surface area contributed by atoms with E-state index < -0.39 is 5.95 Å². The third kappa shape index (κ3) is 2.90. The van der Waals surface area contributed by atoms with Crippen molar-refractivity contribution in [1.82, 2.24) is 9.97 Å². The lowest BCUT2D eigenvalue weighted by Gasteiger charge is -2.08. The summed E-state index contributed by atoms with van der Waals surface area (Å²) in [7, 11) is 1.55. The molecule has 5 heteroatoms. The minimum Gasteiger partial charge on any atom is -0.487 e. The Morgan fingerprint density at radius 3 is 2.82 bits per heavy atom. The zero-order valence-electron chi connectivity index (χ0n) is 9.26. The van der Waals surface area contributed by atoms with Gasteiger partial charge in [0.1, 0.15) is 12.4 Å². The van der Waals surface area contributed by atoms with Crippen LogP contribution in [-0.2, 0) is 6.61 Å². The summed E-state index contributed by atoms with van der Waals surface area (Å²) in [6, 6.07) is 6.41. The van der Waals surface area contributed by atoms with E-state index >= 15 is 0 Å². The predicted molar refractivity (Wildman–Crippen MR) is 59.3 cm³/mol. The topological polar surface area (TPSA) is 44.2 Å². The molecule has 0 unspecified atom stereocenters. The predicted octanol–water partition coefficient (Wildman–Crippen LogP) is 2.20. The van der Waals surface area contributed by atoms with Gasteiger partial charge < -0.3 is 9.47 Å². The maximum absolute atomic E-state index is 12.6. The fourth-order valence-corrected chi connectivity index (χ4v) is 1.33. The van der Waals surface area contributed by atoms with Crippen LogP contribution in [0.15, 0.2) is 36.7 Å².